The van der Waals surface area contributed by atoms with Crippen LogP contribution in [-0.2, 0) is 17.8 Å². The van der Waals surface area contributed by atoms with Gasteiger partial charge in [0.25, 0.3) is 5.91 Å². The van der Waals surface area contributed by atoms with Crippen molar-refractivity contribution in [2.75, 3.05) is 19.6 Å². The molecule has 2 amide bonds. The van der Waals surface area contributed by atoms with Crippen LogP contribution >= 0.6 is 0 Å². The van der Waals surface area contributed by atoms with Gasteiger partial charge >= 0.3 is 0 Å². The van der Waals surface area contributed by atoms with Gasteiger partial charge in [0, 0.05) is 51.4 Å². The highest BCUT2D eigenvalue weighted by molar-refractivity contribution is 5.93. The third-order valence-corrected chi connectivity index (χ3v) is 5.80. The highest BCUT2D eigenvalue weighted by Crippen LogP contribution is 2.18. The highest BCUT2D eigenvalue weighted by atomic mass is 16.2. The van der Waals surface area contributed by atoms with Crippen LogP contribution in [0.4, 0.5) is 0 Å². The number of aryl methyl sites for hydroxylation is 1. The van der Waals surface area contributed by atoms with Gasteiger partial charge in [-0.25, -0.2) is 4.98 Å². The van der Waals surface area contributed by atoms with Gasteiger partial charge in [-0.3, -0.25) is 14.6 Å². The van der Waals surface area contributed by atoms with Gasteiger partial charge in [0.2, 0.25) is 5.91 Å². The molecule has 1 N–H and O–H groups in total. The summed E-state index contributed by atoms with van der Waals surface area (Å²) in [6, 6.07) is 11.5. The molecule has 31 heavy (non-hydrogen) atoms. The topological polar surface area (TPSA) is 80.1 Å². The van der Waals surface area contributed by atoms with E-state index in [0.717, 1.165) is 42.8 Å². The van der Waals surface area contributed by atoms with Gasteiger partial charge in [0.05, 0.1) is 16.6 Å². The summed E-state index contributed by atoms with van der Waals surface area (Å²) < 4.78 is 2.13. The minimum atomic E-state index is -0.146. The molecule has 0 spiro atoms. The Morgan fingerprint density at radius 2 is 1.81 bits per heavy atom. The molecule has 0 aliphatic carbocycles. The molecule has 1 saturated heterocycles. The Labute approximate surface area is 182 Å². The van der Waals surface area contributed by atoms with E-state index in [9.17, 15) is 9.59 Å². The van der Waals surface area contributed by atoms with Crippen LogP contribution < -0.4 is 5.32 Å². The molecule has 7 heteroatoms. The second-order valence-electron chi connectivity index (χ2n) is 7.96. The predicted octanol–water partition coefficient (Wildman–Crippen LogP) is 3.20. The average Bonchev–Trinajstić information content (AvgIpc) is 2.96. The molecule has 0 unspecified atom stereocenters. The lowest BCUT2D eigenvalue weighted by atomic mass is 10.2. The Morgan fingerprint density at radius 1 is 1.00 bits per heavy atom. The first-order valence-corrected chi connectivity index (χ1v) is 11.1. The molecule has 0 bridgehead atoms. The highest BCUT2D eigenvalue weighted by Gasteiger charge is 2.17. The SMILES string of the molecule is O=C(NCCc1nc2ccccc2n1CCC(=O)N1CCCCCC1)c1cccnc1. The Hall–Kier alpha value is -3.22. The number of nitrogens with zero attached hydrogens (tertiary/aromatic N) is 4. The van der Waals surface area contributed by atoms with E-state index in [1.54, 1.807) is 24.5 Å². The molecule has 7 nitrogen and oxygen atoms in total. The Balaban J connectivity index is 1.41. The van der Waals surface area contributed by atoms with E-state index >= 15 is 0 Å². The van der Waals surface area contributed by atoms with Crippen molar-refractivity contribution >= 4 is 22.8 Å². The van der Waals surface area contributed by atoms with Gasteiger partial charge in [-0.15, -0.1) is 0 Å². The third kappa shape index (κ3) is 5.29. The summed E-state index contributed by atoms with van der Waals surface area (Å²) >= 11 is 0. The zero-order valence-electron chi connectivity index (χ0n) is 17.8. The molecule has 162 valence electrons. The second-order valence-corrected chi connectivity index (χ2v) is 7.96. The number of rotatable bonds is 7. The van der Waals surface area contributed by atoms with Gasteiger partial charge in [-0.05, 0) is 37.1 Å². The van der Waals surface area contributed by atoms with Crippen molar-refractivity contribution in [2.24, 2.45) is 0 Å². The summed E-state index contributed by atoms with van der Waals surface area (Å²) in [6.07, 6.45) is 8.89. The Kier molecular flexibility index (Phi) is 6.92. The number of amides is 2. The van der Waals surface area contributed by atoms with E-state index in [0.29, 0.717) is 31.5 Å². The summed E-state index contributed by atoms with van der Waals surface area (Å²) in [6.45, 7) is 2.81. The van der Waals surface area contributed by atoms with Crippen molar-refractivity contribution in [2.45, 2.75) is 45.1 Å². The minimum absolute atomic E-state index is 0.146. The van der Waals surface area contributed by atoms with E-state index < -0.39 is 0 Å². The van der Waals surface area contributed by atoms with Crippen molar-refractivity contribution in [1.29, 1.82) is 0 Å². The quantitative estimate of drug-likeness (QED) is 0.638. The van der Waals surface area contributed by atoms with Gasteiger partial charge in [-0.2, -0.15) is 0 Å². The number of fused-ring (bicyclic) bond motifs is 1. The molecule has 4 rings (SSSR count). The molecule has 0 radical (unpaired) electrons. The lowest BCUT2D eigenvalue weighted by Gasteiger charge is -2.20. The summed E-state index contributed by atoms with van der Waals surface area (Å²) in [4.78, 5) is 35.8. The number of pyridine rings is 1. The first-order valence-electron chi connectivity index (χ1n) is 11.1. The van der Waals surface area contributed by atoms with Crippen LogP contribution in [0.5, 0.6) is 0 Å². The smallest absolute Gasteiger partial charge is 0.252 e. The van der Waals surface area contributed by atoms with Gasteiger partial charge in [0.15, 0.2) is 0 Å². The minimum Gasteiger partial charge on any atom is -0.352 e. The van der Waals surface area contributed by atoms with Crippen molar-refractivity contribution in [3.8, 4) is 0 Å². The van der Waals surface area contributed by atoms with Crippen molar-refractivity contribution < 1.29 is 9.59 Å². The molecule has 3 heterocycles. The molecule has 3 aromatic rings. The van der Waals surface area contributed by atoms with Crippen molar-refractivity contribution in [3.05, 3.63) is 60.2 Å². The van der Waals surface area contributed by atoms with Crippen LogP contribution in [0.2, 0.25) is 0 Å². The summed E-state index contributed by atoms with van der Waals surface area (Å²) in [5, 5.41) is 2.94. The first-order chi connectivity index (χ1) is 15.2. The normalized spacial score (nSPS) is 14.4. The van der Waals surface area contributed by atoms with Crippen LogP contribution in [0, 0.1) is 0 Å². The number of benzene rings is 1. The van der Waals surface area contributed by atoms with Gasteiger partial charge in [0.1, 0.15) is 5.82 Å². The molecule has 1 fully saturated rings. The Morgan fingerprint density at radius 3 is 2.58 bits per heavy atom. The maximum absolute atomic E-state index is 12.8. The van der Waals surface area contributed by atoms with Gasteiger partial charge in [-0.1, -0.05) is 25.0 Å². The molecule has 1 aliphatic heterocycles. The van der Waals surface area contributed by atoms with E-state index in [1.807, 2.05) is 29.2 Å². The summed E-state index contributed by atoms with van der Waals surface area (Å²) in [5.41, 5.74) is 2.48. The predicted molar refractivity (Wildman–Crippen MR) is 120 cm³/mol. The molecular formula is C24H29N5O2. The van der Waals surface area contributed by atoms with E-state index in [4.69, 9.17) is 4.98 Å². The fourth-order valence-corrected chi connectivity index (χ4v) is 4.14. The first kappa shape index (κ1) is 21.0. The molecule has 1 aromatic carbocycles. The van der Waals surface area contributed by atoms with E-state index in [1.165, 1.54) is 12.8 Å². The third-order valence-electron chi connectivity index (χ3n) is 5.80. The lowest BCUT2D eigenvalue weighted by molar-refractivity contribution is -0.131. The molecular weight excluding hydrogens is 390 g/mol. The van der Waals surface area contributed by atoms with Gasteiger partial charge < -0.3 is 14.8 Å². The number of hydrogen-bond donors (Lipinski definition) is 1. The number of likely N-dealkylation sites (tertiary alicyclic amines) is 1. The standard InChI is InChI=1S/C24H29N5O2/c30-23(28-15-5-1-2-6-16-28)12-17-29-21-10-4-3-9-20(21)27-22(29)11-14-26-24(31)19-8-7-13-25-18-19/h3-4,7-10,13,18H,1-2,5-6,11-12,14-17H2,(H,26,31). The summed E-state index contributed by atoms with van der Waals surface area (Å²) in [7, 11) is 0. The molecule has 0 saturated carbocycles. The number of nitrogens with one attached hydrogen (secondary N) is 1. The molecule has 0 atom stereocenters. The zero-order chi connectivity index (χ0) is 21.5. The number of carbonyl (C=O) groups excluding carboxylic acids is 2. The van der Waals surface area contributed by atoms with Crippen molar-refractivity contribution in [1.82, 2.24) is 24.8 Å². The second kappa shape index (κ2) is 10.2. The maximum Gasteiger partial charge on any atom is 0.252 e. The van der Waals surface area contributed by atoms with E-state index in [2.05, 4.69) is 14.9 Å². The Bertz CT molecular complexity index is 1020. The van der Waals surface area contributed by atoms with E-state index in [-0.39, 0.29) is 11.8 Å². The number of imidazole rings is 1. The maximum atomic E-state index is 12.8. The molecule has 1 aliphatic rings. The number of hydrogen-bond acceptors (Lipinski definition) is 4. The number of carbonyl (C=O) groups is 2. The fraction of sp³-hybridized carbons (Fsp3) is 0.417. The van der Waals surface area contributed by atoms with Crippen molar-refractivity contribution in [3.63, 3.8) is 0 Å². The van der Waals surface area contributed by atoms with Crippen LogP contribution in [0.3, 0.4) is 0 Å². The average molecular weight is 420 g/mol. The lowest BCUT2D eigenvalue weighted by Crippen LogP contribution is -2.32. The van der Waals surface area contributed by atoms with Crippen LogP contribution in [0.15, 0.2) is 48.8 Å². The summed E-state index contributed by atoms with van der Waals surface area (Å²) in [5.74, 6) is 0.957. The monoisotopic (exact) mass is 419 g/mol. The molecule has 2 aromatic heterocycles. The van der Waals surface area contributed by atoms with Crippen LogP contribution in [-0.4, -0.2) is 50.9 Å². The van der Waals surface area contributed by atoms with Crippen LogP contribution in [0.1, 0.15) is 48.3 Å². The number of aromatic nitrogens is 3. The number of para-hydroxylation sites is 2. The fourth-order valence-electron chi connectivity index (χ4n) is 4.14. The largest absolute Gasteiger partial charge is 0.352 e. The van der Waals surface area contributed by atoms with Crippen LogP contribution in [0.25, 0.3) is 11.0 Å². The zero-order valence-corrected chi connectivity index (χ0v) is 17.8.